The van der Waals surface area contributed by atoms with Gasteiger partial charge in [0.05, 0.1) is 0 Å². The molecular weight excluding hydrogens is 175 g/mol. The average molecular weight is 200 g/mol. The standard InChI is InChI=1S/C6H14.C4H8O.CH3.Al/c1-3-5-6-4-2;1-2-3-4-5;;/h3-6H2,1-2H3;1-4H2;1H3;/q;-1;;+1. The van der Waals surface area contributed by atoms with Crippen LogP contribution in [0.1, 0.15) is 52.4 Å². The summed E-state index contributed by atoms with van der Waals surface area (Å²) in [5.74, 6) is 2.28. The summed E-state index contributed by atoms with van der Waals surface area (Å²) in [4.78, 5) is 0. The highest BCUT2D eigenvalue weighted by atomic mass is 27.2. The smallest absolute Gasteiger partial charge is 0.457 e. The first-order valence-electron chi connectivity index (χ1n) is 5.92. The van der Waals surface area contributed by atoms with Crippen LogP contribution in [0.15, 0.2) is 0 Å². The summed E-state index contributed by atoms with van der Waals surface area (Å²) in [6.45, 7) is 5.51. The predicted octanol–water partition coefficient (Wildman–Crippen LogP) is 4.00. The van der Waals surface area contributed by atoms with Crippen molar-refractivity contribution in [2.75, 3.05) is 6.61 Å². The number of unbranched alkanes of at least 4 members (excludes halogenated alkanes) is 3. The van der Waals surface area contributed by atoms with Crippen molar-refractivity contribution in [2.24, 2.45) is 0 Å². The summed E-state index contributed by atoms with van der Waals surface area (Å²) in [5, 5.41) is 1.40. The average Bonchev–Trinajstić information content (AvgIpc) is 2.17. The van der Waals surface area contributed by atoms with Gasteiger partial charge in [0.25, 0.3) is 0 Å². The highest BCUT2D eigenvalue weighted by Gasteiger charge is 2.15. The minimum absolute atomic E-state index is 0.595. The fraction of sp³-hybridized carbons (Fsp3) is 1.00. The molecule has 1 nitrogen and oxygen atoms in total. The van der Waals surface area contributed by atoms with Gasteiger partial charge in [0, 0.05) is 6.61 Å². The van der Waals surface area contributed by atoms with Gasteiger partial charge in [-0.2, -0.15) is 0 Å². The fourth-order valence-corrected chi connectivity index (χ4v) is 3.00. The second-order valence-electron chi connectivity index (χ2n) is 3.88. The van der Waals surface area contributed by atoms with E-state index in [1.165, 1.54) is 43.8 Å². The van der Waals surface area contributed by atoms with E-state index in [0.29, 0.717) is 0 Å². The van der Waals surface area contributed by atoms with Crippen molar-refractivity contribution in [1.29, 1.82) is 0 Å². The van der Waals surface area contributed by atoms with E-state index in [-0.39, 0.29) is 0 Å². The second kappa shape index (κ2) is 10.6. The lowest BCUT2D eigenvalue weighted by atomic mass is 10.2. The van der Waals surface area contributed by atoms with Gasteiger partial charge < -0.3 is 3.79 Å². The molecule has 0 aromatic carbocycles. The summed E-state index contributed by atoms with van der Waals surface area (Å²) in [5.41, 5.74) is 0. The van der Waals surface area contributed by atoms with E-state index in [1.807, 2.05) is 0 Å². The molecule has 0 aromatic rings. The maximum absolute atomic E-state index is 5.42. The zero-order chi connectivity index (χ0) is 9.94. The Labute approximate surface area is 88.6 Å². The molecule has 2 heteroatoms. The molecule has 0 atom stereocenters. The van der Waals surface area contributed by atoms with E-state index >= 15 is 0 Å². The van der Waals surface area contributed by atoms with Gasteiger partial charge in [-0.1, -0.05) is 57.0 Å². The highest BCUT2D eigenvalue weighted by molar-refractivity contribution is 6.50. The molecular formula is C11H25AlO. The lowest BCUT2D eigenvalue weighted by molar-refractivity contribution is 0.291. The molecule has 0 amide bonds. The van der Waals surface area contributed by atoms with Crippen molar-refractivity contribution in [3.8, 4) is 0 Å². The first-order chi connectivity index (χ1) is 6.31. The first kappa shape index (κ1) is 13.5. The van der Waals surface area contributed by atoms with Crippen LogP contribution in [-0.2, 0) is 3.79 Å². The van der Waals surface area contributed by atoms with E-state index in [9.17, 15) is 0 Å². The Morgan fingerprint density at radius 2 is 1.69 bits per heavy atom. The van der Waals surface area contributed by atoms with Crippen molar-refractivity contribution in [3.63, 3.8) is 0 Å². The van der Waals surface area contributed by atoms with Crippen LogP contribution in [0, 0.1) is 0 Å². The third kappa shape index (κ3) is 10.4. The van der Waals surface area contributed by atoms with Crippen molar-refractivity contribution in [2.45, 2.75) is 63.4 Å². The van der Waals surface area contributed by atoms with Crippen molar-refractivity contribution in [1.82, 2.24) is 0 Å². The summed E-state index contributed by atoms with van der Waals surface area (Å²) in [7, 11) is 0. The number of hydrogen-bond donors (Lipinski definition) is 0. The molecule has 0 aliphatic carbocycles. The molecule has 1 aliphatic heterocycles. The van der Waals surface area contributed by atoms with Crippen LogP contribution in [0.3, 0.4) is 0 Å². The van der Waals surface area contributed by atoms with Crippen LogP contribution in [-0.4, -0.2) is 21.1 Å². The zero-order valence-electron chi connectivity index (χ0n) is 9.64. The Morgan fingerprint density at radius 3 is 1.92 bits per heavy atom. The minimum atomic E-state index is -0.595. The maximum atomic E-state index is 5.42. The normalized spacial score (nSPS) is 16.4. The molecule has 1 heterocycles. The van der Waals surface area contributed by atoms with Crippen LogP contribution in [0.5, 0.6) is 0 Å². The largest absolute Gasteiger partial charge is 0.501 e. The Bertz CT molecular complexity index is 86.1. The molecule has 78 valence electrons. The molecule has 1 rings (SSSR count). The predicted molar refractivity (Wildman–Crippen MR) is 61.4 cm³/mol. The second-order valence-corrected chi connectivity index (χ2v) is 6.42. The van der Waals surface area contributed by atoms with Crippen LogP contribution in [0.4, 0.5) is 0 Å². The van der Waals surface area contributed by atoms with Crippen LogP contribution in [0.25, 0.3) is 0 Å². The van der Waals surface area contributed by atoms with Gasteiger partial charge in [-0.05, 0) is 6.42 Å². The molecule has 0 saturated carbocycles. The Balaban J connectivity index is 0.000000226. The molecule has 0 radical (unpaired) electrons. The van der Waals surface area contributed by atoms with Crippen LogP contribution >= 0.6 is 0 Å². The molecule has 0 spiro atoms. The van der Waals surface area contributed by atoms with Crippen molar-refractivity contribution >= 4 is 14.5 Å². The van der Waals surface area contributed by atoms with Crippen LogP contribution < -0.4 is 0 Å². The van der Waals surface area contributed by atoms with Gasteiger partial charge in [-0.3, -0.25) is 0 Å². The van der Waals surface area contributed by atoms with Gasteiger partial charge in [0.2, 0.25) is 0 Å². The summed E-state index contributed by atoms with van der Waals surface area (Å²) in [6, 6.07) is 0. The number of hydrogen-bond acceptors (Lipinski definition) is 1. The van der Waals surface area contributed by atoms with Gasteiger partial charge >= 0.3 is 14.5 Å². The Kier molecular flexibility index (Phi) is 11.0. The maximum Gasteiger partial charge on any atom is 0.457 e. The molecule has 0 unspecified atom stereocenters. The molecule has 1 aliphatic rings. The van der Waals surface area contributed by atoms with E-state index in [1.54, 1.807) is 0 Å². The van der Waals surface area contributed by atoms with Gasteiger partial charge in [-0.25, -0.2) is 0 Å². The van der Waals surface area contributed by atoms with Crippen molar-refractivity contribution in [3.05, 3.63) is 0 Å². The Morgan fingerprint density at radius 1 is 1.08 bits per heavy atom. The van der Waals surface area contributed by atoms with Gasteiger partial charge in [0.15, 0.2) is 0 Å². The minimum Gasteiger partial charge on any atom is -0.501 e. The lowest BCUT2D eigenvalue weighted by Crippen LogP contribution is -2.18. The fourth-order valence-electron chi connectivity index (χ4n) is 1.40. The summed E-state index contributed by atoms with van der Waals surface area (Å²) in [6.07, 6.45) is 8.26. The lowest BCUT2D eigenvalue weighted by Gasteiger charge is -2.13. The van der Waals surface area contributed by atoms with E-state index in [0.717, 1.165) is 6.61 Å². The van der Waals surface area contributed by atoms with Crippen molar-refractivity contribution < 1.29 is 3.79 Å². The highest BCUT2D eigenvalue weighted by Crippen LogP contribution is 2.09. The summed E-state index contributed by atoms with van der Waals surface area (Å²) < 4.78 is 5.42. The Hall–Kier alpha value is 0.492. The SMILES string of the molecule is CCCCCC.[CH3][Al]1[CH2]CCC[O]1. The third-order valence-electron chi connectivity index (χ3n) is 2.36. The monoisotopic (exact) mass is 200 g/mol. The van der Waals surface area contributed by atoms with Gasteiger partial charge in [0.1, 0.15) is 0 Å². The molecule has 13 heavy (non-hydrogen) atoms. The van der Waals surface area contributed by atoms with Gasteiger partial charge in [-0.15, -0.1) is 0 Å². The molecule has 0 aromatic heterocycles. The van der Waals surface area contributed by atoms with E-state index < -0.39 is 14.5 Å². The molecule has 0 N–H and O–H groups in total. The third-order valence-corrected chi connectivity index (χ3v) is 4.39. The topological polar surface area (TPSA) is 9.23 Å². The zero-order valence-corrected chi connectivity index (χ0v) is 10.8. The summed E-state index contributed by atoms with van der Waals surface area (Å²) >= 11 is -0.595. The number of rotatable bonds is 3. The molecule has 1 saturated heterocycles. The van der Waals surface area contributed by atoms with E-state index in [4.69, 9.17) is 3.79 Å². The van der Waals surface area contributed by atoms with E-state index in [2.05, 4.69) is 19.6 Å². The molecule has 1 fully saturated rings. The van der Waals surface area contributed by atoms with Crippen LogP contribution in [0.2, 0.25) is 11.1 Å². The molecule has 0 bridgehead atoms. The first-order valence-corrected chi connectivity index (χ1v) is 8.37. The quantitative estimate of drug-likeness (QED) is 0.494.